The molecule has 0 aromatic heterocycles. The number of likely N-dealkylation sites (tertiary alicyclic amines) is 1. The Labute approximate surface area is 134 Å². The molecule has 1 saturated carbocycles. The molecule has 1 heterocycles. The standard InChI is InChI=1S/C16H32N4S/c1-13-5-4-9-20(12-13)10-8-18-16(17-2)19-14-6-7-15(11-14)21-3/h13-15H,4-12H2,1-3H3,(H2,17,18,19). The van der Waals surface area contributed by atoms with Gasteiger partial charge >= 0.3 is 0 Å². The minimum absolute atomic E-state index is 0.601. The first-order valence-corrected chi connectivity index (χ1v) is 9.72. The molecule has 2 aliphatic rings. The van der Waals surface area contributed by atoms with Gasteiger partial charge < -0.3 is 15.5 Å². The van der Waals surface area contributed by atoms with Crippen LogP contribution in [0.15, 0.2) is 4.99 Å². The summed E-state index contributed by atoms with van der Waals surface area (Å²) in [5.41, 5.74) is 0. The van der Waals surface area contributed by atoms with Gasteiger partial charge in [-0.15, -0.1) is 0 Å². The highest BCUT2D eigenvalue weighted by Crippen LogP contribution is 2.27. The highest BCUT2D eigenvalue weighted by atomic mass is 32.2. The summed E-state index contributed by atoms with van der Waals surface area (Å²) in [5.74, 6) is 1.84. The molecule has 1 aliphatic carbocycles. The largest absolute Gasteiger partial charge is 0.355 e. The zero-order chi connectivity index (χ0) is 15.1. The second-order valence-corrected chi connectivity index (χ2v) is 7.70. The fraction of sp³-hybridized carbons (Fsp3) is 0.938. The molecule has 2 fully saturated rings. The van der Waals surface area contributed by atoms with Gasteiger partial charge in [0.15, 0.2) is 5.96 Å². The van der Waals surface area contributed by atoms with Crippen molar-refractivity contribution in [1.29, 1.82) is 0 Å². The van der Waals surface area contributed by atoms with Gasteiger partial charge in [0.1, 0.15) is 0 Å². The van der Waals surface area contributed by atoms with Gasteiger partial charge in [-0.1, -0.05) is 6.92 Å². The van der Waals surface area contributed by atoms with Crippen molar-refractivity contribution >= 4 is 17.7 Å². The van der Waals surface area contributed by atoms with Crippen LogP contribution in [-0.4, -0.2) is 61.6 Å². The Morgan fingerprint density at radius 1 is 1.33 bits per heavy atom. The number of nitrogens with zero attached hydrogens (tertiary/aromatic N) is 2. The van der Waals surface area contributed by atoms with Crippen molar-refractivity contribution in [2.45, 2.75) is 50.3 Å². The van der Waals surface area contributed by atoms with Gasteiger partial charge in [-0.2, -0.15) is 11.8 Å². The Kier molecular flexibility index (Phi) is 7.17. The number of guanidine groups is 1. The molecule has 1 aliphatic heterocycles. The summed E-state index contributed by atoms with van der Waals surface area (Å²) in [6, 6.07) is 0.601. The summed E-state index contributed by atoms with van der Waals surface area (Å²) in [7, 11) is 1.87. The van der Waals surface area contributed by atoms with E-state index >= 15 is 0 Å². The van der Waals surface area contributed by atoms with Crippen molar-refractivity contribution in [3.05, 3.63) is 0 Å². The lowest BCUT2D eigenvalue weighted by atomic mass is 10.0. The lowest BCUT2D eigenvalue weighted by Gasteiger charge is -2.31. The van der Waals surface area contributed by atoms with E-state index in [1.165, 1.54) is 45.2 Å². The second kappa shape index (κ2) is 8.89. The van der Waals surface area contributed by atoms with Crippen LogP contribution >= 0.6 is 11.8 Å². The minimum atomic E-state index is 0.601. The van der Waals surface area contributed by atoms with E-state index in [1.807, 2.05) is 18.8 Å². The van der Waals surface area contributed by atoms with Crippen LogP contribution in [0.3, 0.4) is 0 Å². The van der Waals surface area contributed by atoms with Crippen LogP contribution < -0.4 is 10.6 Å². The molecule has 1 saturated heterocycles. The number of aliphatic imine (C=N–C) groups is 1. The predicted octanol–water partition coefficient (Wildman–Crippen LogP) is 2.17. The number of piperidine rings is 1. The van der Waals surface area contributed by atoms with Crippen molar-refractivity contribution in [2.75, 3.05) is 39.5 Å². The average molecular weight is 313 g/mol. The van der Waals surface area contributed by atoms with Crippen LogP contribution in [0.5, 0.6) is 0 Å². The molecular formula is C16H32N4S. The zero-order valence-electron chi connectivity index (χ0n) is 13.9. The third-order valence-electron chi connectivity index (χ3n) is 4.74. The molecule has 0 aromatic carbocycles. The quantitative estimate of drug-likeness (QED) is 0.603. The molecule has 0 bridgehead atoms. The molecule has 2 rings (SSSR count). The Morgan fingerprint density at radius 3 is 2.86 bits per heavy atom. The minimum Gasteiger partial charge on any atom is -0.355 e. The van der Waals surface area contributed by atoms with Crippen LogP contribution in [0, 0.1) is 5.92 Å². The van der Waals surface area contributed by atoms with Crippen LogP contribution in [0.25, 0.3) is 0 Å². The number of hydrogen-bond donors (Lipinski definition) is 2. The SMILES string of the molecule is CN=C(NCCN1CCCC(C)C1)NC1CCC(SC)C1. The van der Waals surface area contributed by atoms with Gasteiger partial charge in [0.2, 0.25) is 0 Å². The topological polar surface area (TPSA) is 39.7 Å². The van der Waals surface area contributed by atoms with E-state index in [-0.39, 0.29) is 0 Å². The van der Waals surface area contributed by atoms with Crippen molar-refractivity contribution in [2.24, 2.45) is 10.9 Å². The molecule has 0 spiro atoms. The van der Waals surface area contributed by atoms with Crippen molar-refractivity contribution in [3.8, 4) is 0 Å². The van der Waals surface area contributed by atoms with Crippen molar-refractivity contribution < 1.29 is 0 Å². The van der Waals surface area contributed by atoms with Gasteiger partial charge in [0.05, 0.1) is 0 Å². The maximum Gasteiger partial charge on any atom is 0.191 e. The number of hydrogen-bond acceptors (Lipinski definition) is 3. The van der Waals surface area contributed by atoms with Gasteiger partial charge in [-0.3, -0.25) is 4.99 Å². The smallest absolute Gasteiger partial charge is 0.191 e. The molecule has 3 unspecified atom stereocenters. The van der Waals surface area contributed by atoms with Crippen LogP contribution in [0.4, 0.5) is 0 Å². The molecule has 4 nitrogen and oxygen atoms in total. The number of nitrogens with one attached hydrogen (secondary N) is 2. The first kappa shape index (κ1) is 16.9. The van der Waals surface area contributed by atoms with E-state index in [4.69, 9.17) is 0 Å². The fourth-order valence-electron chi connectivity index (χ4n) is 3.50. The first-order valence-electron chi connectivity index (χ1n) is 8.43. The maximum atomic E-state index is 4.37. The van der Waals surface area contributed by atoms with E-state index in [1.54, 1.807) is 0 Å². The number of thioether (sulfide) groups is 1. The lowest BCUT2D eigenvalue weighted by molar-refractivity contribution is 0.187. The molecule has 0 radical (unpaired) electrons. The maximum absolute atomic E-state index is 4.37. The van der Waals surface area contributed by atoms with Gasteiger partial charge in [0.25, 0.3) is 0 Å². The summed E-state index contributed by atoms with van der Waals surface area (Å²) >= 11 is 2.00. The van der Waals surface area contributed by atoms with E-state index in [0.717, 1.165) is 30.2 Å². The fourth-order valence-corrected chi connectivity index (χ4v) is 4.29. The molecule has 5 heteroatoms. The van der Waals surface area contributed by atoms with Crippen LogP contribution in [0.2, 0.25) is 0 Å². The van der Waals surface area contributed by atoms with Crippen LogP contribution in [-0.2, 0) is 0 Å². The summed E-state index contributed by atoms with van der Waals surface area (Å²) in [6.07, 6.45) is 8.85. The molecule has 21 heavy (non-hydrogen) atoms. The third kappa shape index (κ3) is 5.70. The van der Waals surface area contributed by atoms with E-state index in [0.29, 0.717) is 6.04 Å². The second-order valence-electron chi connectivity index (χ2n) is 6.56. The summed E-state index contributed by atoms with van der Waals surface area (Å²) in [4.78, 5) is 6.95. The van der Waals surface area contributed by atoms with Gasteiger partial charge in [0, 0.05) is 38.0 Å². The third-order valence-corrected chi connectivity index (χ3v) is 5.84. The Hall–Kier alpha value is -0.420. The van der Waals surface area contributed by atoms with Gasteiger partial charge in [-0.05, 0) is 50.8 Å². The van der Waals surface area contributed by atoms with Crippen molar-refractivity contribution in [1.82, 2.24) is 15.5 Å². The zero-order valence-corrected chi connectivity index (χ0v) is 14.7. The monoisotopic (exact) mass is 312 g/mol. The number of rotatable bonds is 5. The van der Waals surface area contributed by atoms with Gasteiger partial charge in [-0.25, -0.2) is 0 Å². The average Bonchev–Trinajstić information content (AvgIpc) is 2.94. The highest BCUT2D eigenvalue weighted by molar-refractivity contribution is 7.99. The van der Waals surface area contributed by atoms with E-state index in [2.05, 4.69) is 33.7 Å². The lowest BCUT2D eigenvalue weighted by Crippen LogP contribution is -2.46. The molecule has 3 atom stereocenters. The molecular weight excluding hydrogens is 280 g/mol. The Morgan fingerprint density at radius 2 is 2.19 bits per heavy atom. The first-order chi connectivity index (χ1) is 10.2. The van der Waals surface area contributed by atoms with E-state index in [9.17, 15) is 0 Å². The van der Waals surface area contributed by atoms with Crippen molar-refractivity contribution in [3.63, 3.8) is 0 Å². The normalized spacial score (nSPS) is 31.4. The Balaban J connectivity index is 1.64. The summed E-state index contributed by atoms with van der Waals surface area (Å²) in [6.45, 7) is 7.00. The van der Waals surface area contributed by atoms with E-state index < -0.39 is 0 Å². The van der Waals surface area contributed by atoms with Crippen LogP contribution in [0.1, 0.15) is 39.0 Å². The summed E-state index contributed by atoms with van der Waals surface area (Å²) in [5, 5.41) is 7.89. The Bertz CT molecular complexity index is 334. The molecule has 0 amide bonds. The molecule has 0 aromatic rings. The molecule has 122 valence electrons. The highest BCUT2D eigenvalue weighted by Gasteiger charge is 2.24. The summed E-state index contributed by atoms with van der Waals surface area (Å²) < 4.78 is 0. The predicted molar refractivity (Wildman–Crippen MR) is 94.3 cm³/mol. The molecule has 2 N–H and O–H groups in total.